The highest BCUT2D eigenvalue weighted by Crippen LogP contribution is 2.37. The van der Waals surface area contributed by atoms with Crippen LogP contribution in [0.2, 0.25) is 0 Å². The van der Waals surface area contributed by atoms with E-state index in [2.05, 4.69) is 6.92 Å². The molecule has 0 saturated heterocycles. The molecule has 0 N–H and O–H groups in total. The molecule has 0 amide bonds. The second-order valence-electron chi connectivity index (χ2n) is 6.91. The van der Waals surface area contributed by atoms with Gasteiger partial charge >= 0.3 is 5.92 Å². The highest BCUT2D eigenvalue weighted by Gasteiger charge is 2.38. The molecule has 0 aromatic heterocycles. The molecule has 0 radical (unpaired) electrons. The molecule has 0 bridgehead atoms. The van der Waals surface area contributed by atoms with Gasteiger partial charge in [-0.25, -0.2) is 0 Å². The SMILES string of the molecule is CCCC(F)(F)C(=O)c1ccc([C@H]2CC[C@H](CCC)CC2)cc1. The van der Waals surface area contributed by atoms with E-state index in [1.54, 1.807) is 19.1 Å². The van der Waals surface area contributed by atoms with Gasteiger partial charge in [-0.15, -0.1) is 0 Å². The van der Waals surface area contributed by atoms with E-state index in [1.807, 2.05) is 12.1 Å². The van der Waals surface area contributed by atoms with Crippen LogP contribution in [0.15, 0.2) is 24.3 Å². The monoisotopic (exact) mass is 322 g/mol. The lowest BCUT2D eigenvalue weighted by atomic mass is 9.77. The summed E-state index contributed by atoms with van der Waals surface area (Å²) in [4.78, 5) is 11.9. The van der Waals surface area contributed by atoms with Crippen molar-refractivity contribution in [2.45, 2.75) is 77.1 Å². The molecule has 0 atom stereocenters. The minimum Gasteiger partial charge on any atom is -0.287 e. The minimum atomic E-state index is -3.24. The molecule has 1 aromatic carbocycles. The van der Waals surface area contributed by atoms with Crippen molar-refractivity contribution in [3.05, 3.63) is 35.4 Å². The minimum absolute atomic E-state index is 0.131. The first-order valence-electron chi connectivity index (χ1n) is 9.00. The lowest BCUT2D eigenvalue weighted by Gasteiger charge is -2.28. The summed E-state index contributed by atoms with van der Waals surface area (Å²) in [5.74, 6) is -2.92. The summed E-state index contributed by atoms with van der Waals surface area (Å²) in [5, 5.41) is 0. The molecule has 0 aliphatic heterocycles. The smallest absolute Gasteiger partial charge is 0.287 e. The van der Waals surface area contributed by atoms with Crippen molar-refractivity contribution in [2.75, 3.05) is 0 Å². The maximum atomic E-state index is 13.7. The van der Waals surface area contributed by atoms with Crippen molar-refractivity contribution < 1.29 is 13.6 Å². The van der Waals surface area contributed by atoms with Gasteiger partial charge in [0.25, 0.3) is 0 Å². The molecule has 0 unspecified atom stereocenters. The molecule has 1 saturated carbocycles. The number of hydrogen-bond donors (Lipinski definition) is 0. The van der Waals surface area contributed by atoms with Crippen LogP contribution in [0.3, 0.4) is 0 Å². The fourth-order valence-corrected chi connectivity index (χ4v) is 3.74. The molecule has 1 aliphatic rings. The number of benzene rings is 1. The van der Waals surface area contributed by atoms with Crippen LogP contribution in [0.5, 0.6) is 0 Å². The third-order valence-corrected chi connectivity index (χ3v) is 5.08. The van der Waals surface area contributed by atoms with Crippen molar-refractivity contribution >= 4 is 5.78 Å². The molecule has 128 valence electrons. The third kappa shape index (κ3) is 4.62. The average Bonchev–Trinajstić information content (AvgIpc) is 2.55. The second-order valence-corrected chi connectivity index (χ2v) is 6.91. The molecular weight excluding hydrogens is 294 g/mol. The van der Waals surface area contributed by atoms with Crippen LogP contribution < -0.4 is 0 Å². The predicted octanol–water partition coefficient (Wildman–Crippen LogP) is 6.38. The molecule has 2 rings (SSSR count). The molecule has 1 fully saturated rings. The number of halogens is 2. The fourth-order valence-electron chi connectivity index (χ4n) is 3.74. The van der Waals surface area contributed by atoms with Gasteiger partial charge in [-0.3, -0.25) is 4.79 Å². The average molecular weight is 322 g/mol. The first-order valence-corrected chi connectivity index (χ1v) is 9.00. The van der Waals surface area contributed by atoms with Gasteiger partial charge in [-0.05, 0) is 49.5 Å². The quantitative estimate of drug-likeness (QED) is 0.532. The van der Waals surface area contributed by atoms with Gasteiger partial charge in [0.05, 0.1) is 0 Å². The molecular formula is C20H28F2O. The number of alkyl halides is 2. The van der Waals surface area contributed by atoms with Crippen molar-refractivity contribution in [3.63, 3.8) is 0 Å². The first-order chi connectivity index (χ1) is 11.0. The Morgan fingerprint density at radius 2 is 1.65 bits per heavy atom. The van der Waals surface area contributed by atoms with E-state index in [0.29, 0.717) is 12.3 Å². The number of hydrogen-bond acceptors (Lipinski definition) is 1. The Morgan fingerprint density at radius 1 is 1.04 bits per heavy atom. The van der Waals surface area contributed by atoms with E-state index in [1.165, 1.54) is 44.1 Å². The van der Waals surface area contributed by atoms with Crippen molar-refractivity contribution in [1.82, 2.24) is 0 Å². The van der Waals surface area contributed by atoms with Crippen LogP contribution in [0.1, 0.15) is 87.1 Å². The zero-order chi connectivity index (χ0) is 16.9. The lowest BCUT2D eigenvalue weighted by Crippen LogP contribution is -2.28. The summed E-state index contributed by atoms with van der Waals surface area (Å²) in [5.41, 5.74) is 1.32. The Hall–Kier alpha value is -1.25. The van der Waals surface area contributed by atoms with Gasteiger partial charge in [0.2, 0.25) is 5.78 Å². The Labute approximate surface area is 138 Å². The summed E-state index contributed by atoms with van der Waals surface area (Å²) in [7, 11) is 0. The fraction of sp³-hybridized carbons (Fsp3) is 0.650. The number of ketones is 1. The van der Waals surface area contributed by atoms with E-state index in [9.17, 15) is 13.6 Å². The van der Waals surface area contributed by atoms with Crippen LogP contribution >= 0.6 is 0 Å². The maximum Gasteiger partial charge on any atom is 0.309 e. The normalized spacial score (nSPS) is 22.1. The summed E-state index contributed by atoms with van der Waals surface area (Å²) >= 11 is 0. The summed E-state index contributed by atoms with van der Waals surface area (Å²) < 4.78 is 27.4. The largest absolute Gasteiger partial charge is 0.309 e. The van der Waals surface area contributed by atoms with Gasteiger partial charge in [0.1, 0.15) is 0 Å². The van der Waals surface area contributed by atoms with E-state index in [-0.39, 0.29) is 12.0 Å². The van der Waals surface area contributed by atoms with E-state index >= 15 is 0 Å². The van der Waals surface area contributed by atoms with Crippen molar-refractivity contribution in [1.29, 1.82) is 0 Å². The molecule has 0 heterocycles. The topological polar surface area (TPSA) is 17.1 Å². The van der Waals surface area contributed by atoms with Gasteiger partial charge < -0.3 is 0 Å². The van der Waals surface area contributed by atoms with Crippen LogP contribution in [0.25, 0.3) is 0 Å². The van der Waals surface area contributed by atoms with Crippen LogP contribution in [-0.2, 0) is 0 Å². The lowest BCUT2D eigenvalue weighted by molar-refractivity contribution is 0.00453. The summed E-state index contributed by atoms with van der Waals surface area (Å²) in [6.07, 6.45) is 7.34. The van der Waals surface area contributed by atoms with Crippen molar-refractivity contribution in [2.24, 2.45) is 5.92 Å². The Kier molecular flexibility index (Phi) is 6.32. The maximum absolute atomic E-state index is 13.7. The predicted molar refractivity (Wildman–Crippen MR) is 90.2 cm³/mol. The highest BCUT2D eigenvalue weighted by molar-refractivity contribution is 6.01. The molecule has 23 heavy (non-hydrogen) atoms. The van der Waals surface area contributed by atoms with Gasteiger partial charge in [0.15, 0.2) is 0 Å². The zero-order valence-electron chi connectivity index (χ0n) is 14.3. The highest BCUT2D eigenvalue weighted by atomic mass is 19.3. The molecule has 3 heteroatoms. The molecule has 1 nitrogen and oxygen atoms in total. The molecule has 1 aromatic rings. The first kappa shape index (κ1) is 18.1. The number of Topliss-reactive ketones (excluding diaryl/α,β-unsaturated/α-hetero) is 1. The van der Waals surface area contributed by atoms with Crippen LogP contribution in [-0.4, -0.2) is 11.7 Å². The van der Waals surface area contributed by atoms with Gasteiger partial charge in [-0.1, -0.05) is 51.0 Å². The Bertz CT molecular complexity index is 499. The number of rotatable bonds is 7. The molecule has 1 aliphatic carbocycles. The van der Waals surface area contributed by atoms with Gasteiger partial charge in [0, 0.05) is 12.0 Å². The van der Waals surface area contributed by atoms with E-state index < -0.39 is 11.7 Å². The number of carbonyl (C=O) groups is 1. The van der Waals surface area contributed by atoms with E-state index in [0.717, 1.165) is 5.92 Å². The second kappa shape index (κ2) is 8.03. The standard InChI is InChI=1S/C20H28F2O/c1-3-5-15-6-8-16(9-7-15)17-10-12-18(13-11-17)19(23)20(21,22)14-4-2/h10-13,15-16H,3-9,14H2,1-2H3/t15-,16-. The van der Waals surface area contributed by atoms with E-state index in [4.69, 9.17) is 0 Å². The Morgan fingerprint density at radius 3 is 2.17 bits per heavy atom. The Balaban J connectivity index is 1.99. The van der Waals surface area contributed by atoms with Crippen molar-refractivity contribution in [3.8, 4) is 0 Å². The van der Waals surface area contributed by atoms with Crippen LogP contribution in [0, 0.1) is 5.92 Å². The zero-order valence-corrected chi connectivity index (χ0v) is 14.3. The summed E-state index contributed by atoms with van der Waals surface area (Å²) in [6, 6.07) is 6.92. The summed E-state index contributed by atoms with van der Waals surface area (Å²) in [6.45, 7) is 3.90. The number of carbonyl (C=O) groups excluding carboxylic acids is 1. The third-order valence-electron chi connectivity index (χ3n) is 5.08. The van der Waals surface area contributed by atoms with Gasteiger partial charge in [-0.2, -0.15) is 8.78 Å². The molecule has 0 spiro atoms. The van der Waals surface area contributed by atoms with Crippen LogP contribution in [0.4, 0.5) is 8.78 Å².